The van der Waals surface area contributed by atoms with Crippen LogP contribution in [0.4, 0.5) is 0 Å². The molecule has 0 aliphatic heterocycles. The molecular weight excluding hydrogens is 366 g/mol. The molecule has 2 heteroatoms. The molecule has 2 nitrogen and oxygen atoms in total. The third-order valence-electron chi connectivity index (χ3n) is 6.28. The van der Waals surface area contributed by atoms with Crippen LogP contribution in [-0.4, -0.2) is 13.2 Å². The van der Waals surface area contributed by atoms with Crippen molar-refractivity contribution in [3.63, 3.8) is 0 Å². The largest absolute Gasteiger partial charge is 0.381 e. The van der Waals surface area contributed by atoms with Crippen molar-refractivity contribution in [3.8, 4) is 0 Å². The molecule has 0 atom stereocenters. The van der Waals surface area contributed by atoms with Crippen molar-refractivity contribution < 1.29 is 4.74 Å². The maximum atomic E-state index is 5.82. The van der Waals surface area contributed by atoms with Gasteiger partial charge in [0.2, 0.25) is 0 Å². The SMILES string of the molecule is CCCCCCCCCCCCCCOCCCCCCCCCCCCCC.N. The minimum Gasteiger partial charge on any atom is -0.381 e. The summed E-state index contributed by atoms with van der Waals surface area (Å²) in [6.45, 7) is 6.58. The second-order valence-electron chi connectivity index (χ2n) is 9.39. The molecule has 0 rings (SSSR count). The Morgan fingerprint density at radius 3 is 0.733 bits per heavy atom. The lowest BCUT2D eigenvalue weighted by Crippen LogP contribution is -1.97. The predicted molar refractivity (Wildman–Crippen MR) is 138 cm³/mol. The van der Waals surface area contributed by atoms with Crippen molar-refractivity contribution in [2.75, 3.05) is 13.2 Å². The van der Waals surface area contributed by atoms with Crippen LogP contribution in [0, 0.1) is 0 Å². The Morgan fingerprint density at radius 1 is 0.300 bits per heavy atom. The van der Waals surface area contributed by atoms with Crippen LogP contribution < -0.4 is 6.15 Å². The molecule has 0 radical (unpaired) electrons. The number of hydrogen-bond donors (Lipinski definition) is 1. The molecule has 3 N–H and O–H groups in total. The third kappa shape index (κ3) is 30.1. The Bertz CT molecular complexity index is 243. The van der Waals surface area contributed by atoms with E-state index in [9.17, 15) is 0 Å². The minimum absolute atomic E-state index is 0. The molecule has 0 aliphatic carbocycles. The highest BCUT2D eigenvalue weighted by molar-refractivity contribution is 4.50. The first-order valence-corrected chi connectivity index (χ1v) is 14.0. The van der Waals surface area contributed by atoms with Crippen molar-refractivity contribution in [1.82, 2.24) is 6.15 Å². The maximum Gasteiger partial charge on any atom is 0.0466 e. The summed E-state index contributed by atoms with van der Waals surface area (Å²) in [5, 5.41) is 0. The van der Waals surface area contributed by atoms with E-state index >= 15 is 0 Å². The van der Waals surface area contributed by atoms with Gasteiger partial charge in [-0.25, -0.2) is 0 Å². The zero-order valence-corrected chi connectivity index (χ0v) is 21.5. The van der Waals surface area contributed by atoms with Crippen LogP contribution >= 0.6 is 0 Å². The van der Waals surface area contributed by atoms with Crippen molar-refractivity contribution in [2.24, 2.45) is 0 Å². The molecule has 0 fully saturated rings. The monoisotopic (exact) mass is 427 g/mol. The van der Waals surface area contributed by atoms with E-state index in [1.54, 1.807) is 0 Å². The van der Waals surface area contributed by atoms with Gasteiger partial charge in [0.05, 0.1) is 0 Å². The lowest BCUT2D eigenvalue weighted by Gasteiger charge is -2.05. The lowest BCUT2D eigenvalue weighted by molar-refractivity contribution is 0.125. The van der Waals surface area contributed by atoms with E-state index in [1.807, 2.05) is 0 Å². The van der Waals surface area contributed by atoms with Gasteiger partial charge in [-0.15, -0.1) is 0 Å². The molecule has 0 bridgehead atoms. The van der Waals surface area contributed by atoms with E-state index in [2.05, 4.69) is 13.8 Å². The molecule has 0 saturated carbocycles. The van der Waals surface area contributed by atoms with Crippen molar-refractivity contribution in [3.05, 3.63) is 0 Å². The van der Waals surface area contributed by atoms with Crippen LogP contribution in [0.5, 0.6) is 0 Å². The fourth-order valence-corrected chi connectivity index (χ4v) is 4.19. The first kappa shape index (κ1) is 32.1. The molecule has 0 unspecified atom stereocenters. The van der Waals surface area contributed by atoms with Gasteiger partial charge in [-0.1, -0.05) is 155 Å². The highest BCUT2D eigenvalue weighted by Crippen LogP contribution is 2.13. The molecule has 0 aromatic carbocycles. The van der Waals surface area contributed by atoms with Crippen molar-refractivity contribution in [1.29, 1.82) is 0 Å². The second-order valence-corrected chi connectivity index (χ2v) is 9.39. The standard InChI is InChI=1S/C28H58O.H3N/c1-3-5-7-9-11-13-15-17-19-21-23-25-27-29-28-26-24-22-20-18-16-14-12-10-8-6-4-2;/h3-28H2,1-2H3;1H3. The first-order valence-electron chi connectivity index (χ1n) is 14.0. The quantitative estimate of drug-likeness (QED) is 0.139. The summed E-state index contributed by atoms with van der Waals surface area (Å²) in [5.41, 5.74) is 0. The first-order chi connectivity index (χ1) is 14.4. The molecule has 30 heavy (non-hydrogen) atoms. The third-order valence-corrected chi connectivity index (χ3v) is 6.28. The summed E-state index contributed by atoms with van der Waals surface area (Å²) in [7, 11) is 0. The van der Waals surface area contributed by atoms with E-state index < -0.39 is 0 Å². The van der Waals surface area contributed by atoms with Gasteiger partial charge in [-0.2, -0.15) is 0 Å². The number of unbranched alkanes of at least 4 members (excludes halogenated alkanes) is 22. The van der Waals surface area contributed by atoms with E-state index in [0.29, 0.717) is 0 Å². The van der Waals surface area contributed by atoms with Crippen LogP contribution in [0.25, 0.3) is 0 Å². The van der Waals surface area contributed by atoms with Crippen molar-refractivity contribution >= 4 is 0 Å². The summed E-state index contributed by atoms with van der Waals surface area (Å²) in [5.74, 6) is 0. The van der Waals surface area contributed by atoms with E-state index in [-0.39, 0.29) is 6.15 Å². The van der Waals surface area contributed by atoms with Gasteiger partial charge in [-0.05, 0) is 12.8 Å². The Balaban J connectivity index is 0. The Labute approximate surface area is 192 Å². The Kier molecular flexibility index (Phi) is 33.3. The van der Waals surface area contributed by atoms with Crippen LogP contribution in [0.15, 0.2) is 0 Å². The number of ether oxygens (including phenoxy) is 1. The average molecular weight is 428 g/mol. The average Bonchev–Trinajstić information content (AvgIpc) is 2.74. The summed E-state index contributed by atoms with van der Waals surface area (Å²) in [4.78, 5) is 0. The second kappa shape index (κ2) is 31.1. The topological polar surface area (TPSA) is 44.2 Å². The summed E-state index contributed by atoms with van der Waals surface area (Å²) in [6.07, 6.45) is 34.1. The van der Waals surface area contributed by atoms with Gasteiger partial charge in [0.1, 0.15) is 0 Å². The molecule has 0 amide bonds. The zero-order chi connectivity index (χ0) is 21.1. The van der Waals surface area contributed by atoms with Gasteiger partial charge in [0, 0.05) is 13.2 Å². The molecule has 0 aromatic heterocycles. The minimum atomic E-state index is 0. The molecule has 0 spiro atoms. The van der Waals surface area contributed by atoms with E-state index in [0.717, 1.165) is 13.2 Å². The molecule has 0 aliphatic rings. The molecule has 0 saturated heterocycles. The highest BCUT2D eigenvalue weighted by atomic mass is 16.5. The lowest BCUT2D eigenvalue weighted by atomic mass is 10.1. The molecule has 0 aromatic rings. The van der Waals surface area contributed by atoms with Crippen LogP contribution in [0.1, 0.15) is 168 Å². The van der Waals surface area contributed by atoms with Gasteiger partial charge < -0.3 is 10.9 Å². The van der Waals surface area contributed by atoms with Gasteiger partial charge >= 0.3 is 0 Å². The van der Waals surface area contributed by atoms with Crippen LogP contribution in [-0.2, 0) is 4.74 Å². The van der Waals surface area contributed by atoms with Crippen LogP contribution in [0.2, 0.25) is 0 Å². The molecular formula is C28H61NO. The summed E-state index contributed by atoms with van der Waals surface area (Å²) < 4.78 is 5.82. The molecule has 184 valence electrons. The normalized spacial score (nSPS) is 11.0. The Morgan fingerprint density at radius 2 is 0.500 bits per heavy atom. The smallest absolute Gasteiger partial charge is 0.0466 e. The van der Waals surface area contributed by atoms with Crippen LogP contribution in [0.3, 0.4) is 0 Å². The van der Waals surface area contributed by atoms with Gasteiger partial charge in [-0.3, -0.25) is 0 Å². The predicted octanol–water partition coefficient (Wildman–Crippen LogP) is 10.6. The summed E-state index contributed by atoms with van der Waals surface area (Å²) >= 11 is 0. The highest BCUT2D eigenvalue weighted by Gasteiger charge is 1.96. The number of rotatable bonds is 26. The fraction of sp³-hybridized carbons (Fsp3) is 1.00. The summed E-state index contributed by atoms with van der Waals surface area (Å²) in [6, 6.07) is 0. The molecule has 0 heterocycles. The van der Waals surface area contributed by atoms with Gasteiger partial charge in [0.25, 0.3) is 0 Å². The van der Waals surface area contributed by atoms with E-state index in [4.69, 9.17) is 4.74 Å². The zero-order valence-electron chi connectivity index (χ0n) is 21.5. The van der Waals surface area contributed by atoms with Crippen molar-refractivity contribution in [2.45, 2.75) is 168 Å². The van der Waals surface area contributed by atoms with E-state index in [1.165, 1.54) is 154 Å². The van der Waals surface area contributed by atoms with Gasteiger partial charge in [0.15, 0.2) is 0 Å². The fourth-order valence-electron chi connectivity index (χ4n) is 4.19. The maximum absolute atomic E-state index is 5.82. The number of hydrogen-bond acceptors (Lipinski definition) is 2. The Hall–Kier alpha value is -0.0800.